The molecule has 4 aliphatic carbocycles. The van der Waals surface area contributed by atoms with E-state index in [0.29, 0.717) is 25.7 Å². The van der Waals surface area contributed by atoms with Crippen LogP contribution in [0.25, 0.3) is 0 Å². The van der Waals surface area contributed by atoms with Crippen LogP contribution in [-0.2, 0) is 4.79 Å². The van der Waals surface area contributed by atoms with Gasteiger partial charge < -0.3 is 15.3 Å². The summed E-state index contributed by atoms with van der Waals surface area (Å²) in [5.41, 5.74) is -1.32. The molecule has 0 aromatic carbocycles. The number of Topliss-reactive ketones (excluding diaryl/α,β-unsaturated/α-hetero) is 1. The van der Waals surface area contributed by atoms with Crippen molar-refractivity contribution in [1.29, 1.82) is 0 Å². The molecule has 0 heterocycles. The van der Waals surface area contributed by atoms with Crippen molar-refractivity contribution in [3.05, 3.63) is 0 Å². The highest BCUT2D eigenvalue weighted by molar-refractivity contribution is 5.83. The topological polar surface area (TPSA) is 77.8 Å². The van der Waals surface area contributed by atoms with Crippen LogP contribution in [0.5, 0.6) is 0 Å². The lowest BCUT2D eigenvalue weighted by molar-refractivity contribution is -0.179. The van der Waals surface area contributed by atoms with Gasteiger partial charge in [0.25, 0.3) is 0 Å². The normalized spacial score (nSPS) is 65.1. The zero-order chi connectivity index (χ0) is 22.5. The van der Waals surface area contributed by atoms with Crippen LogP contribution < -0.4 is 0 Å². The van der Waals surface area contributed by atoms with Crippen LogP contribution in [0.15, 0.2) is 0 Å². The first-order chi connectivity index (χ1) is 13.6. The van der Waals surface area contributed by atoms with E-state index in [4.69, 9.17) is 6.85 Å². The fraction of sp³-hybridized carbons (Fsp3) is 0.952. The first kappa shape index (κ1) is 12.9. The van der Waals surface area contributed by atoms with Gasteiger partial charge in [-0.2, -0.15) is 0 Å². The molecule has 0 aliphatic heterocycles. The molecule has 0 spiro atoms. The molecule has 9 atom stereocenters. The molecule has 4 aliphatic rings. The van der Waals surface area contributed by atoms with Crippen LogP contribution in [0, 0.1) is 40.4 Å². The zero-order valence-electron chi connectivity index (χ0n) is 20.2. The summed E-state index contributed by atoms with van der Waals surface area (Å²) in [7, 11) is 0. The Balaban J connectivity index is 1.75. The summed E-state index contributed by atoms with van der Waals surface area (Å²) in [4.78, 5) is 12.4. The molecule has 0 saturated heterocycles. The van der Waals surface area contributed by atoms with E-state index in [9.17, 15) is 20.1 Å². The molecule has 0 radical (unpaired) electrons. The molecule has 0 bridgehead atoms. The van der Waals surface area contributed by atoms with Gasteiger partial charge in [-0.15, -0.1) is 0 Å². The summed E-state index contributed by atoms with van der Waals surface area (Å²) >= 11 is 0. The third-order valence-corrected chi connectivity index (χ3v) is 8.29. The molecule has 4 heteroatoms. The number of carbonyl (C=O) groups excluding carboxylic acids is 1. The van der Waals surface area contributed by atoms with Gasteiger partial charge in [0.05, 0.1) is 13.6 Å². The number of fused-ring (bicyclic) bond motifs is 5. The largest absolute Gasteiger partial charge is 0.393 e. The van der Waals surface area contributed by atoms with Crippen molar-refractivity contribution in [2.45, 2.75) is 77.3 Å². The highest BCUT2D eigenvalue weighted by Gasteiger charge is 2.63. The van der Waals surface area contributed by atoms with Crippen molar-refractivity contribution in [2.75, 3.05) is 6.61 Å². The number of aliphatic hydroxyl groups is 3. The second-order valence-corrected chi connectivity index (χ2v) is 9.31. The number of ketones is 1. The molecule has 4 nitrogen and oxygen atoms in total. The summed E-state index contributed by atoms with van der Waals surface area (Å²) in [6.45, 7) is 3.36. The van der Waals surface area contributed by atoms with Gasteiger partial charge in [0, 0.05) is 11.4 Å². The SMILES string of the molecule is [2H]C1([2H])C[C@]2(C)[C@@H]3[C@@H](CC[C@@H]2C([2H])([2H])[C@]1([2H])O)[C@@H]1CC[C@H](C(=O)CO)[C@@]1(C)C[C@@H]3O. The monoisotopic (exact) mass is 355 g/mol. The predicted molar refractivity (Wildman–Crippen MR) is 94.7 cm³/mol. The van der Waals surface area contributed by atoms with Crippen LogP contribution in [-0.4, -0.2) is 39.9 Å². The summed E-state index contributed by atoms with van der Waals surface area (Å²) in [6.07, 6.45) is -5.85. The van der Waals surface area contributed by atoms with Crippen molar-refractivity contribution < 1.29 is 27.0 Å². The van der Waals surface area contributed by atoms with E-state index in [-0.39, 0.29) is 35.9 Å². The summed E-state index contributed by atoms with van der Waals surface area (Å²) in [6, 6.07) is 0. The standard InChI is InChI=1S/C21H34O4/c1-20-8-7-13(23)9-12(20)3-4-14-15-5-6-16(18(25)11-22)21(15,2)10-17(24)19(14)20/h12-17,19,22-24H,3-11H2,1-2H3/t12-,13-,14+,15+,16-,17+,19-,20+,21+/m1/s1/i7D2,9D2,13D. The molecule has 0 aromatic rings. The first-order valence-electron chi connectivity index (χ1n) is 12.2. The molecule has 142 valence electrons. The zero-order valence-corrected chi connectivity index (χ0v) is 15.2. The Morgan fingerprint density at radius 3 is 2.68 bits per heavy atom. The first-order valence-corrected chi connectivity index (χ1v) is 9.69. The quantitative estimate of drug-likeness (QED) is 0.711. The van der Waals surface area contributed by atoms with Gasteiger partial charge in [0.1, 0.15) is 6.61 Å². The van der Waals surface area contributed by atoms with Crippen LogP contribution in [0.3, 0.4) is 0 Å². The van der Waals surface area contributed by atoms with E-state index in [1.165, 1.54) is 0 Å². The Labute approximate surface area is 158 Å². The Kier molecular flexibility index (Phi) is 3.10. The highest BCUT2D eigenvalue weighted by Crippen LogP contribution is 2.67. The minimum Gasteiger partial charge on any atom is -0.393 e. The van der Waals surface area contributed by atoms with Crippen LogP contribution in [0.4, 0.5) is 0 Å². The Bertz CT molecular complexity index is 743. The lowest BCUT2D eigenvalue weighted by atomic mass is 9.44. The summed E-state index contributed by atoms with van der Waals surface area (Å²) < 4.78 is 41.9. The molecule has 0 amide bonds. The molecule has 4 rings (SSSR count). The smallest absolute Gasteiger partial charge is 0.161 e. The molecular formula is C21H34O4. The van der Waals surface area contributed by atoms with Gasteiger partial charge in [-0.05, 0) is 85.8 Å². The second-order valence-electron chi connectivity index (χ2n) is 9.31. The van der Waals surface area contributed by atoms with Gasteiger partial charge in [-0.25, -0.2) is 0 Å². The van der Waals surface area contributed by atoms with Crippen LogP contribution in [0.1, 0.15) is 72.0 Å². The van der Waals surface area contributed by atoms with E-state index in [2.05, 4.69) is 0 Å². The van der Waals surface area contributed by atoms with Gasteiger partial charge >= 0.3 is 0 Å². The molecule has 0 aromatic heterocycles. The number of hydrogen-bond donors (Lipinski definition) is 3. The molecule has 4 saturated carbocycles. The lowest BCUT2D eigenvalue weighted by Gasteiger charge is -2.62. The number of rotatable bonds is 2. The Hall–Kier alpha value is -0.450. The summed E-state index contributed by atoms with van der Waals surface area (Å²) in [5, 5.41) is 31.3. The van der Waals surface area contributed by atoms with Crippen molar-refractivity contribution in [3.63, 3.8) is 0 Å². The minimum absolute atomic E-state index is 0.0278. The maximum absolute atomic E-state index is 12.4. The second kappa shape index (κ2) is 6.03. The average Bonchev–Trinajstić information content (AvgIpc) is 2.95. The van der Waals surface area contributed by atoms with Crippen LogP contribution >= 0.6 is 0 Å². The fourth-order valence-corrected chi connectivity index (χ4v) is 7.21. The molecule has 25 heavy (non-hydrogen) atoms. The number of aliphatic hydroxyl groups excluding tert-OH is 2. The average molecular weight is 356 g/mol. The Morgan fingerprint density at radius 1 is 1.20 bits per heavy atom. The molecule has 3 N–H and O–H groups in total. The van der Waals surface area contributed by atoms with E-state index in [0.717, 1.165) is 6.42 Å². The van der Waals surface area contributed by atoms with Crippen molar-refractivity contribution in [1.82, 2.24) is 0 Å². The Morgan fingerprint density at radius 2 is 1.96 bits per heavy atom. The van der Waals surface area contributed by atoms with Crippen LogP contribution in [0.2, 0.25) is 0 Å². The molecule has 4 fully saturated rings. The number of hydrogen-bond acceptors (Lipinski definition) is 4. The van der Waals surface area contributed by atoms with Gasteiger partial charge in [-0.3, -0.25) is 4.79 Å². The van der Waals surface area contributed by atoms with E-state index in [1.807, 2.05) is 13.8 Å². The third kappa shape index (κ3) is 2.47. The van der Waals surface area contributed by atoms with Crippen molar-refractivity contribution in [3.8, 4) is 0 Å². The number of carbonyl (C=O) groups is 1. The summed E-state index contributed by atoms with van der Waals surface area (Å²) in [5.74, 6) is -1.38. The maximum atomic E-state index is 12.4. The van der Waals surface area contributed by atoms with Gasteiger partial charge in [-0.1, -0.05) is 13.8 Å². The third-order valence-electron chi connectivity index (χ3n) is 8.29. The molecular weight excluding hydrogens is 316 g/mol. The van der Waals surface area contributed by atoms with E-state index < -0.39 is 48.3 Å². The van der Waals surface area contributed by atoms with Crippen molar-refractivity contribution >= 4 is 5.78 Å². The lowest BCUT2D eigenvalue weighted by Crippen LogP contribution is -2.59. The molecule has 0 unspecified atom stereocenters. The maximum Gasteiger partial charge on any atom is 0.161 e. The minimum atomic E-state index is -2.85. The van der Waals surface area contributed by atoms with Crippen molar-refractivity contribution in [2.24, 2.45) is 40.4 Å². The van der Waals surface area contributed by atoms with E-state index in [1.54, 1.807) is 0 Å². The fourth-order valence-electron chi connectivity index (χ4n) is 7.21. The van der Waals surface area contributed by atoms with Gasteiger partial charge in [0.2, 0.25) is 0 Å². The predicted octanol–water partition coefficient (Wildman–Crippen LogP) is 2.54. The van der Waals surface area contributed by atoms with E-state index >= 15 is 0 Å². The van der Waals surface area contributed by atoms with Gasteiger partial charge in [0.15, 0.2) is 5.78 Å². The highest BCUT2D eigenvalue weighted by atomic mass is 16.3.